The predicted molar refractivity (Wildman–Crippen MR) is 129 cm³/mol. The van der Waals surface area contributed by atoms with Gasteiger partial charge >= 0.3 is 5.97 Å². The highest BCUT2D eigenvalue weighted by atomic mass is 32.2. The molecular weight excluding hydrogens is 462 g/mol. The molecule has 12 heteroatoms. The maximum absolute atomic E-state index is 13.1. The molecule has 1 aromatic carbocycles. The summed E-state index contributed by atoms with van der Waals surface area (Å²) in [6.45, 7) is 0.620. The fourth-order valence-corrected chi connectivity index (χ4v) is 3.81. The molecule has 4 atom stereocenters. The summed E-state index contributed by atoms with van der Waals surface area (Å²) in [5.41, 5.74) is 7.58. The molecule has 0 saturated carbocycles. The molecule has 0 fully saturated rings. The van der Waals surface area contributed by atoms with Crippen LogP contribution in [0.1, 0.15) is 18.9 Å². The number of H-pyrrole nitrogens is 1. The minimum atomic E-state index is -1.42. The van der Waals surface area contributed by atoms with Gasteiger partial charge in [0, 0.05) is 23.5 Å². The van der Waals surface area contributed by atoms with Crippen molar-refractivity contribution in [2.45, 2.75) is 44.0 Å². The Balaban J connectivity index is 2.23. The van der Waals surface area contributed by atoms with Gasteiger partial charge in [0.2, 0.25) is 17.7 Å². The maximum atomic E-state index is 13.1. The summed E-state index contributed by atoms with van der Waals surface area (Å²) in [5.74, 6) is -2.70. The molecule has 11 nitrogen and oxygen atoms in total. The number of amides is 3. The number of aliphatic hydroxyl groups excluding tert-OH is 1. The third-order valence-electron chi connectivity index (χ3n) is 5.18. The number of aromatic nitrogens is 1. The molecule has 34 heavy (non-hydrogen) atoms. The van der Waals surface area contributed by atoms with Crippen molar-refractivity contribution in [3.8, 4) is 0 Å². The number of hydrogen-bond acceptors (Lipinski definition) is 7. The molecule has 4 unspecified atom stereocenters. The van der Waals surface area contributed by atoms with Crippen LogP contribution < -0.4 is 21.7 Å². The Bertz CT molecular complexity index is 1010. The van der Waals surface area contributed by atoms with Crippen molar-refractivity contribution in [2.24, 2.45) is 5.73 Å². The van der Waals surface area contributed by atoms with E-state index in [2.05, 4.69) is 20.9 Å². The van der Waals surface area contributed by atoms with E-state index in [1.54, 1.807) is 18.0 Å². The molecular formula is C22H31N5O6S. The van der Waals surface area contributed by atoms with Crippen molar-refractivity contribution < 1.29 is 29.4 Å². The van der Waals surface area contributed by atoms with Crippen molar-refractivity contribution in [3.05, 3.63) is 36.0 Å². The van der Waals surface area contributed by atoms with Crippen molar-refractivity contribution >= 4 is 46.4 Å². The van der Waals surface area contributed by atoms with Gasteiger partial charge in [-0.2, -0.15) is 11.8 Å². The lowest BCUT2D eigenvalue weighted by atomic mass is 10.0. The Labute approximate surface area is 201 Å². The molecule has 0 aliphatic rings. The highest BCUT2D eigenvalue weighted by molar-refractivity contribution is 7.98. The minimum absolute atomic E-state index is 0.0973. The fraction of sp³-hybridized carbons (Fsp3) is 0.455. The first-order chi connectivity index (χ1) is 16.1. The van der Waals surface area contributed by atoms with E-state index in [0.717, 1.165) is 16.5 Å². The molecule has 8 N–H and O–H groups in total. The Morgan fingerprint density at radius 2 is 1.82 bits per heavy atom. The maximum Gasteiger partial charge on any atom is 0.322 e. The highest BCUT2D eigenvalue weighted by Crippen LogP contribution is 2.19. The number of aliphatic hydroxyl groups is 1. The lowest BCUT2D eigenvalue weighted by Gasteiger charge is -2.25. The Morgan fingerprint density at radius 3 is 2.47 bits per heavy atom. The average molecular weight is 494 g/mol. The van der Waals surface area contributed by atoms with Gasteiger partial charge in [0.05, 0.1) is 12.1 Å². The Hall–Kier alpha value is -3.09. The molecule has 2 rings (SSSR count). The number of nitrogens with two attached hydrogens (primary N) is 1. The zero-order chi connectivity index (χ0) is 25.3. The number of hydrogen-bond donors (Lipinski definition) is 7. The molecule has 0 spiro atoms. The second kappa shape index (κ2) is 13.0. The topological polar surface area (TPSA) is 187 Å². The molecule has 186 valence electrons. The van der Waals surface area contributed by atoms with E-state index in [1.165, 1.54) is 6.92 Å². The highest BCUT2D eigenvalue weighted by Gasteiger charge is 2.31. The van der Waals surface area contributed by atoms with E-state index in [9.17, 15) is 24.3 Å². The largest absolute Gasteiger partial charge is 0.480 e. The molecule has 2 aromatic rings. The zero-order valence-electron chi connectivity index (χ0n) is 19.0. The molecule has 0 aliphatic carbocycles. The van der Waals surface area contributed by atoms with Crippen LogP contribution >= 0.6 is 11.8 Å². The lowest BCUT2D eigenvalue weighted by Crippen LogP contribution is -2.59. The number of benzene rings is 1. The summed E-state index contributed by atoms with van der Waals surface area (Å²) in [4.78, 5) is 52.0. The number of fused-ring (bicyclic) bond motifs is 1. The van der Waals surface area contributed by atoms with Gasteiger partial charge in [-0.05, 0) is 37.0 Å². The number of carboxylic acids is 1. The van der Waals surface area contributed by atoms with Crippen LogP contribution in [0.15, 0.2) is 30.5 Å². The summed E-state index contributed by atoms with van der Waals surface area (Å²) >= 11 is 1.54. The number of rotatable bonds is 13. The van der Waals surface area contributed by atoms with Gasteiger partial charge in [0.25, 0.3) is 0 Å². The van der Waals surface area contributed by atoms with Crippen LogP contribution in [0, 0.1) is 0 Å². The van der Waals surface area contributed by atoms with Crippen LogP contribution in [0.4, 0.5) is 0 Å². The van der Waals surface area contributed by atoms with E-state index in [-0.39, 0.29) is 6.42 Å². The monoisotopic (exact) mass is 493 g/mol. The zero-order valence-corrected chi connectivity index (χ0v) is 19.9. The second-order valence-electron chi connectivity index (χ2n) is 7.85. The summed E-state index contributed by atoms with van der Waals surface area (Å²) in [6, 6.07) is 4.13. The SMILES string of the molecule is CSCCC(N)C(=O)NC(Cc1c[nH]c2ccccc12)C(=O)NC(C(=O)NCC(=O)O)C(C)O. The smallest absolute Gasteiger partial charge is 0.322 e. The third kappa shape index (κ3) is 7.75. The quantitative estimate of drug-likeness (QED) is 0.192. The van der Waals surface area contributed by atoms with Crippen LogP contribution in [0.2, 0.25) is 0 Å². The Kier molecular flexibility index (Phi) is 10.4. The van der Waals surface area contributed by atoms with E-state index in [4.69, 9.17) is 10.8 Å². The number of nitrogens with one attached hydrogen (secondary N) is 4. The first-order valence-corrected chi connectivity index (χ1v) is 12.1. The standard InChI is InChI=1S/C22H31N5O6S/c1-12(28)19(22(33)25-11-18(29)30)27-21(32)17(26-20(31)15(23)7-8-34-2)9-13-10-24-16-6-4-3-5-14(13)16/h3-6,10,12,15,17,19,24,28H,7-9,11,23H2,1-2H3,(H,25,33)(H,26,31)(H,27,32)(H,29,30). The molecule has 0 radical (unpaired) electrons. The molecule has 1 aromatic heterocycles. The van der Waals surface area contributed by atoms with Gasteiger partial charge in [-0.3, -0.25) is 19.2 Å². The van der Waals surface area contributed by atoms with Crippen LogP contribution in [0.5, 0.6) is 0 Å². The number of aromatic amines is 1. The first-order valence-electron chi connectivity index (χ1n) is 10.7. The van der Waals surface area contributed by atoms with Crippen LogP contribution in [-0.4, -0.2) is 81.7 Å². The van der Waals surface area contributed by atoms with Crippen molar-refractivity contribution in [2.75, 3.05) is 18.6 Å². The van der Waals surface area contributed by atoms with Crippen molar-refractivity contribution in [1.29, 1.82) is 0 Å². The number of para-hydroxylation sites is 1. The second-order valence-corrected chi connectivity index (χ2v) is 8.84. The Morgan fingerprint density at radius 1 is 1.12 bits per heavy atom. The lowest BCUT2D eigenvalue weighted by molar-refractivity contribution is -0.139. The van der Waals surface area contributed by atoms with Gasteiger partial charge in [0.15, 0.2) is 0 Å². The van der Waals surface area contributed by atoms with Crippen LogP contribution in [-0.2, 0) is 25.6 Å². The summed E-state index contributed by atoms with van der Waals surface area (Å²) in [5, 5.41) is 26.9. The van der Waals surface area contributed by atoms with Gasteiger partial charge in [-0.15, -0.1) is 0 Å². The number of carbonyl (C=O) groups excluding carboxylic acids is 3. The minimum Gasteiger partial charge on any atom is -0.480 e. The summed E-state index contributed by atoms with van der Waals surface area (Å²) in [7, 11) is 0. The van der Waals surface area contributed by atoms with Gasteiger partial charge in [0.1, 0.15) is 18.6 Å². The van der Waals surface area contributed by atoms with E-state index >= 15 is 0 Å². The van der Waals surface area contributed by atoms with E-state index < -0.39 is 54.5 Å². The number of thioether (sulfide) groups is 1. The van der Waals surface area contributed by atoms with E-state index in [0.29, 0.717) is 12.2 Å². The molecule has 0 bridgehead atoms. The molecule has 1 heterocycles. The van der Waals surface area contributed by atoms with Gasteiger partial charge in [-0.25, -0.2) is 0 Å². The summed E-state index contributed by atoms with van der Waals surface area (Å²) in [6.07, 6.45) is 2.83. The van der Waals surface area contributed by atoms with Crippen LogP contribution in [0.3, 0.4) is 0 Å². The third-order valence-corrected chi connectivity index (χ3v) is 5.82. The molecule has 3 amide bonds. The molecule has 0 aliphatic heterocycles. The number of carbonyl (C=O) groups is 4. The van der Waals surface area contributed by atoms with Gasteiger partial charge < -0.3 is 36.9 Å². The molecule has 0 saturated heterocycles. The number of aliphatic carboxylic acids is 1. The fourth-order valence-electron chi connectivity index (χ4n) is 3.32. The van der Waals surface area contributed by atoms with Crippen LogP contribution in [0.25, 0.3) is 10.9 Å². The van der Waals surface area contributed by atoms with Crippen molar-refractivity contribution in [1.82, 2.24) is 20.9 Å². The van der Waals surface area contributed by atoms with E-state index in [1.807, 2.05) is 30.5 Å². The normalized spacial score (nSPS) is 14.6. The van der Waals surface area contributed by atoms with Gasteiger partial charge in [-0.1, -0.05) is 18.2 Å². The van der Waals surface area contributed by atoms with Crippen molar-refractivity contribution in [3.63, 3.8) is 0 Å². The predicted octanol–water partition coefficient (Wildman–Crippen LogP) is -0.658. The number of carboxylic acid groups (broad SMARTS) is 1. The average Bonchev–Trinajstić information content (AvgIpc) is 3.21. The first kappa shape index (κ1) is 27.2. The summed E-state index contributed by atoms with van der Waals surface area (Å²) < 4.78 is 0.